The molecular weight excluding hydrogens is 378 g/mol. The van der Waals surface area contributed by atoms with Gasteiger partial charge in [-0.25, -0.2) is 0 Å². The van der Waals surface area contributed by atoms with E-state index < -0.39 is 0 Å². The highest BCUT2D eigenvalue weighted by Gasteiger charge is 2.10. The van der Waals surface area contributed by atoms with Crippen molar-refractivity contribution in [2.75, 3.05) is 6.54 Å². The van der Waals surface area contributed by atoms with Crippen molar-refractivity contribution in [2.45, 2.75) is 0 Å². The minimum atomic E-state index is -0.262. The molecule has 124 valence electrons. The van der Waals surface area contributed by atoms with Crippen LogP contribution in [0.5, 0.6) is 0 Å². The number of carbonyl (C=O) groups is 2. The molecule has 4 heteroatoms. The topological polar surface area (TPSA) is 46.2 Å². The van der Waals surface area contributed by atoms with Gasteiger partial charge >= 0.3 is 0 Å². The fraction of sp³-hybridized carbons (Fsp3) is 0.0476. The Hall–Kier alpha value is -2.72. The molecule has 0 heterocycles. The smallest absolute Gasteiger partial charge is 0.251 e. The first-order valence-corrected chi connectivity index (χ1v) is 8.65. The van der Waals surface area contributed by atoms with E-state index in [2.05, 4.69) is 21.2 Å². The van der Waals surface area contributed by atoms with Crippen LogP contribution >= 0.6 is 15.9 Å². The lowest BCUT2D eigenvalue weighted by Gasteiger charge is -2.06. The van der Waals surface area contributed by atoms with Crippen LogP contribution in [-0.2, 0) is 0 Å². The number of carbonyl (C=O) groups excluding carboxylic acids is 2. The summed E-state index contributed by atoms with van der Waals surface area (Å²) in [5.74, 6) is -0.383. The number of hydrogen-bond acceptors (Lipinski definition) is 2. The zero-order valence-electron chi connectivity index (χ0n) is 13.4. The van der Waals surface area contributed by atoms with Crippen molar-refractivity contribution in [3.8, 4) is 11.1 Å². The molecule has 0 fully saturated rings. The number of Topliss-reactive ketones (excluding diaryl/α,β-unsaturated/α-hetero) is 1. The monoisotopic (exact) mass is 393 g/mol. The van der Waals surface area contributed by atoms with Crippen LogP contribution in [0.3, 0.4) is 0 Å². The minimum Gasteiger partial charge on any atom is -0.345 e. The second-order valence-corrected chi connectivity index (χ2v) is 6.47. The van der Waals surface area contributed by atoms with Crippen LogP contribution < -0.4 is 5.32 Å². The second-order valence-electron chi connectivity index (χ2n) is 5.56. The fourth-order valence-corrected chi connectivity index (χ4v) is 2.71. The van der Waals surface area contributed by atoms with Crippen molar-refractivity contribution in [3.05, 3.63) is 94.5 Å². The van der Waals surface area contributed by atoms with Gasteiger partial charge in [0.1, 0.15) is 0 Å². The average molecular weight is 394 g/mol. The van der Waals surface area contributed by atoms with Crippen molar-refractivity contribution in [1.82, 2.24) is 5.32 Å². The third-order valence-electron chi connectivity index (χ3n) is 3.83. The van der Waals surface area contributed by atoms with Gasteiger partial charge in [0.15, 0.2) is 5.78 Å². The van der Waals surface area contributed by atoms with Crippen molar-refractivity contribution >= 4 is 27.6 Å². The van der Waals surface area contributed by atoms with Crippen LogP contribution in [-0.4, -0.2) is 18.2 Å². The summed E-state index contributed by atoms with van der Waals surface area (Å²) < 4.78 is 0.902. The third kappa shape index (κ3) is 4.43. The van der Waals surface area contributed by atoms with Crippen LogP contribution in [0.1, 0.15) is 20.7 Å². The average Bonchev–Trinajstić information content (AvgIpc) is 2.67. The number of benzene rings is 3. The largest absolute Gasteiger partial charge is 0.345 e. The predicted molar refractivity (Wildman–Crippen MR) is 103 cm³/mol. The Kier molecular flexibility index (Phi) is 5.41. The Morgan fingerprint density at radius 1 is 0.720 bits per heavy atom. The molecule has 0 unspecified atom stereocenters. The molecule has 3 rings (SSSR count). The molecule has 0 aromatic heterocycles. The van der Waals surface area contributed by atoms with Gasteiger partial charge in [0.05, 0.1) is 6.54 Å². The number of nitrogens with one attached hydrogen (secondary N) is 1. The van der Waals surface area contributed by atoms with Gasteiger partial charge in [-0.1, -0.05) is 70.5 Å². The van der Waals surface area contributed by atoms with Gasteiger partial charge in [-0.05, 0) is 35.4 Å². The predicted octanol–water partition coefficient (Wildman–Crippen LogP) is 4.73. The van der Waals surface area contributed by atoms with Crippen molar-refractivity contribution < 1.29 is 9.59 Å². The first kappa shape index (κ1) is 17.1. The van der Waals surface area contributed by atoms with E-state index in [9.17, 15) is 9.59 Å². The molecule has 0 aliphatic carbocycles. The van der Waals surface area contributed by atoms with Crippen LogP contribution in [0.25, 0.3) is 11.1 Å². The Morgan fingerprint density at radius 3 is 1.92 bits per heavy atom. The van der Waals surface area contributed by atoms with Crippen LogP contribution in [0.4, 0.5) is 0 Å². The van der Waals surface area contributed by atoms with E-state index >= 15 is 0 Å². The van der Waals surface area contributed by atoms with Crippen LogP contribution in [0.2, 0.25) is 0 Å². The summed E-state index contributed by atoms with van der Waals surface area (Å²) in [5.41, 5.74) is 3.26. The molecule has 25 heavy (non-hydrogen) atoms. The highest BCUT2D eigenvalue weighted by atomic mass is 79.9. The Balaban J connectivity index is 1.61. The molecule has 0 radical (unpaired) electrons. The molecule has 3 aromatic rings. The quantitative estimate of drug-likeness (QED) is 0.636. The summed E-state index contributed by atoms with van der Waals surface area (Å²) in [6, 6.07) is 24.4. The third-order valence-corrected chi connectivity index (χ3v) is 4.36. The molecule has 0 aliphatic heterocycles. The molecule has 0 bridgehead atoms. The van der Waals surface area contributed by atoms with Crippen LogP contribution in [0, 0.1) is 0 Å². The summed E-state index contributed by atoms with van der Waals surface area (Å²) in [4.78, 5) is 24.3. The Bertz CT molecular complexity index is 872. The normalized spacial score (nSPS) is 10.3. The summed E-state index contributed by atoms with van der Waals surface area (Å²) in [7, 11) is 0. The van der Waals surface area contributed by atoms with E-state index in [0.29, 0.717) is 11.1 Å². The minimum absolute atomic E-state index is 0.0282. The maximum atomic E-state index is 12.3. The van der Waals surface area contributed by atoms with Crippen molar-refractivity contribution in [3.63, 3.8) is 0 Å². The number of halogens is 1. The Labute approximate surface area is 154 Å². The zero-order chi connectivity index (χ0) is 17.6. The number of rotatable bonds is 5. The summed E-state index contributed by atoms with van der Waals surface area (Å²) in [6.07, 6.45) is 0. The number of hydrogen-bond donors (Lipinski definition) is 1. The first-order chi connectivity index (χ1) is 12.1. The molecule has 0 saturated carbocycles. The van der Waals surface area contributed by atoms with Gasteiger partial charge in [0.2, 0.25) is 0 Å². The Morgan fingerprint density at radius 2 is 1.28 bits per heavy atom. The lowest BCUT2D eigenvalue weighted by atomic mass is 10.0. The molecule has 0 atom stereocenters. The fourth-order valence-electron chi connectivity index (χ4n) is 2.45. The summed E-state index contributed by atoms with van der Waals surface area (Å²) >= 11 is 3.32. The van der Waals surface area contributed by atoms with Gasteiger partial charge < -0.3 is 5.32 Å². The number of ketones is 1. The SMILES string of the molecule is O=C(CNC(=O)c1ccc(Br)cc1)c1ccc(-c2ccccc2)cc1. The summed E-state index contributed by atoms with van der Waals surface area (Å²) in [6.45, 7) is -0.0282. The molecule has 3 nitrogen and oxygen atoms in total. The molecule has 1 N–H and O–H groups in total. The van der Waals surface area contributed by atoms with Crippen molar-refractivity contribution in [1.29, 1.82) is 0 Å². The molecule has 3 aromatic carbocycles. The van der Waals surface area contributed by atoms with E-state index in [1.54, 1.807) is 36.4 Å². The standard InChI is InChI=1S/C21H16BrNO2/c22-19-12-10-18(11-13-19)21(25)23-14-20(24)17-8-6-16(7-9-17)15-4-2-1-3-5-15/h1-13H,14H2,(H,23,25). The van der Waals surface area contributed by atoms with Gasteiger partial charge in [0.25, 0.3) is 5.91 Å². The van der Waals surface area contributed by atoms with Gasteiger partial charge in [-0.15, -0.1) is 0 Å². The lowest BCUT2D eigenvalue weighted by molar-refractivity contribution is 0.0904. The molecule has 0 aliphatic rings. The highest BCUT2D eigenvalue weighted by molar-refractivity contribution is 9.10. The van der Waals surface area contributed by atoms with E-state index in [1.807, 2.05) is 42.5 Å². The molecular formula is C21H16BrNO2. The van der Waals surface area contributed by atoms with E-state index in [1.165, 1.54) is 0 Å². The van der Waals surface area contributed by atoms with E-state index in [4.69, 9.17) is 0 Å². The van der Waals surface area contributed by atoms with E-state index in [-0.39, 0.29) is 18.2 Å². The van der Waals surface area contributed by atoms with Crippen LogP contribution in [0.15, 0.2) is 83.3 Å². The van der Waals surface area contributed by atoms with E-state index in [0.717, 1.165) is 15.6 Å². The zero-order valence-corrected chi connectivity index (χ0v) is 15.0. The molecule has 1 amide bonds. The second kappa shape index (κ2) is 7.90. The van der Waals surface area contributed by atoms with Gasteiger partial charge in [-0.3, -0.25) is 9.59 Å². The highest BCUT2D eigenvalue weighted by Crippen LogP contribution is 2.19. The van der Waals surface area contributed by atoms with Gasteiger partial charge in [0, 0.05) is 15.6 Å². The first-order valence-electron chi connectivity index (χ1n) is 7.86. The van der Waals surface area contributed by atoms with Gasteiger partial charge in [-0.2, -0.15) is 0 Å². The molecule has 0 spiro atoms. The lowest BCUT2D eigenvalue weighted by Crippen LogP contribution is -2.29. The number of amides is 1. The summed E-state index contributed by atoms with van der Waals surface area (Å²) in [5, 5.41) is 2.66. The van der Waals surface area contributed by atoms with Crippen molar-refractivity contribution in [2.24, 2.45) is 0 Å². The maximum Gasteiger partial charge on any atom is 0.251 e. The maximum absolute atomic E-state index is 12.3. The molecule has 0 saturated heterocycles.